The molecule has 1 saturated carbocycles. The van der Waals surface area contributed by atoms with Crippen LogP contribution in [0.3, 0.4) is 0 Å². The summed E-state index contributed by atoms with van der Waals surface area (Å²) in [5.41, 5.74) is 6.66. The number of nitrogens with zero attached hydrogens (tertiary/aromatic N) is 1. The van der Waals surface area contributed by atoms with Crippen molar-refractivity contribution in [2.75, 3.05) is 20.2 Å². The molecular weight excluding hydrogens is 200 g/mol. The quantitative estimate of drug-likeness (QED) is 0.776. The van der Waals surface area contributed by atoms with Gasteiger partial charge in [0.1, 0.15) is 0 Å². The molecule has 0 aromatic heterocycles. The highest BCUT2D eigenvalue weighted by Crippen LogP contribution is 2.28. The molecule has 1 atom stereocenters. The number of aliphatic hydroxyl groups is 1. The van der Waals surface area contributed by atoms with E-state index in [0.29, 0.717) is 12.6 Å². The molecular formula is C13H20N2O. The van der Waals surface area contributed by atoms with Gasteiger partial charge in [0.05, 0.1) is 12.1 Å². The number of aliphatic hydroxyl groups excluding tert-OH is 1. The predicted molar refractivity (Wildman–Crippen MR) is 65.0 cm³/mol. The van der Waals surface area contributed by atoms with E-state index >= 15 is 0 Å². The number of rotatable bonds is 5. The first kappa shape index (κ1) is 11.6. The molecule has 0 heterocycles. The Morgan fingerprint density at radius 3 is 2.50 bits per heavy atom. The van der Waals surface area contributed by atoms with Gasteiger partial charge in [0, 0.05) is 12.6 Å². The molecule has 1 unspecified atom stereocenters. The minimum Gasteiger partial charge on any atom is -0.394 e. The number of likely N-dealkylation sites (N-methyl/N-ethyl adjacent to an activating group) is 1. The van der Waals surface area contributed by atoms with Gasteiger partial charge in [-0.3, -0.25) is 0 Å². The fourth-order valence-electron chi connectivity index (χ4n) is 2.09. The molecule has 16 heavy (non-hydrogen) atoms. The first-order chi connectivity index (χ1) is 7.65. The largest absolute Gasteiger partial charge is 0.394 e. The molecule has 1 aromatic carbocycles. The second-order valence-electron chi connectivity index (χ2n) is 4.83. The van der Waals surface area contributed by atoms with Crippen molar-refractivity contribution in [3.05, 3.63) is 35.9 Å². The zero-order valence-corrected chi connectivity index (χ0v) is 9.76. The highest BCUT2D eigenvalue weighted by molar-refractivity contribution is 5.24. The van der Waals surface area contributed by atoms with Crippen LogP contribution in [-0.2, 0) is 5.54 Å². The van der Waals surface area contributed by atoms with Gasteiger partial charge >= 0.3 is 0 Å². The summed E-state index contributed by atoms with van der Waals surface area (Å²) in [6.45, 7) is 0.687. The van der Waals surface area contributed by atoms with E-state index in [1.54, 1.807) is 0 Å². The molecule has 88 valence electrons. The smallest absolute Gasteiger partial charge is 0.0772 e. The summed E-state index contributed by atoms with van der Waals surface area (Å²) < 4.78 is 0. The van der Waals surface area contributed by atoms with E-state index in [1.165, 1.54) is 12.8 Å². The van der Waals surface area contributed by atoms with Crippen LogP contribution in [0.5, 0.6) is 0 Å². The lowest BCUT2D eigenvalue weighted by Crippen LogP contribution is -2.50. The predicted octanol–water partition coefficient (Wildman–Crippen LogP) is 0.927. The van der Waals surface area contributed by atoms with Gasteiger partial charge < -0.3 is 15.7 Å². The first-order valence-electron chi connectivity index (χ1n) is 5.81. The molecule has 1 fully saturated rings. The fourth-order valence-corrected chi connectivity index (χ4v) is 2.09. The van der Waals surface area contributed by atoms with E-state index in [2.05, 4.69) is 11.9 Å². The van der Waals surface area contributed by atoms with E-state index in [1.807, 2.05) is 30.3 Å². The Morgan fingerprint density at radius 1 is 1.38 bits per heavy atom. The van der Waals surface area contributed by atoms with Gasteiger partial charge in [-0.05, 0) is 25.5 Å². The standard InChI is InChI=1S/C13H20N2O/c1-15(12-7-8-12)9-13(14,10-16)11-5-3-2-4-6-11/h2-6,12,16H,7-10,14H2,1H3. The monoisotopic (exact) mass is 220 g/mol. The highest BCUT2D eigenvalue weighted by atomic mass is 16.3. The molecule has 3 heteroatoms. The van der Waals surface area contributed by atoms with Gasteiger partial charge in [-0.1, -0.05) is 30.3 Å². The maximum Gasteiger partial charge on any atom is 0.0772 e. The Balaban J connectivity index is 2.11. The topological polar surface area (TPSA) is 49.5 Å². The number of hydrogen-bond acceptors (Lipinski definition) is 3. The highest BCUT2D eigenvalue weighted by Gasteiger charge is 2.34. The summed E-state index contributed by atoms with van der Waals surface area (Å²) in [5, 5.41) is 9.54. The van der Waals surface area contributed by atoms with Crippen LogP contribution in [0.25, 0.3) is 0 Å². The second kappa shape index (κ2) is 4.53. The maximum atomic E-state index is 9.54. The average Bonchev–Trinajstić information content (AvgIpc) is 3.14. The summed E-state index contributed by atoms with van der Waals surface area (Å²) in [6.07, 6.45) is 2.51. The van der Waals surface area contributed by atoms with Gasteiger partial charge in [0.15, 0.2) is 0 Å². The van der Waals surface area contributed by atoms with Crippen LogP contribution < -0.4 is 5.73 Å². The molecule has 0 saturated heterocycles. The molecule has 2 rings (SSSR count). The lowest BCUT2D eigenvalue weighted by atomic mass is 9.91. The van der Waals surface area contributed by atoms with Crippen molar-refractivity contribution in [1.29, 1.82) is 0 Å². The van der Waals surface area contributed by atoms with E-state index in [9.17, 15) is 5.11 Å². The van der Waals surface area contributed by atoms with Crippen LogP contribution in [-0.4, -0.2) is 36.2 Å². The van der Waals surface area contributed by atoms with Gasteiger partial charge in [-0.25, -0.2) is 0 Å². The summed E-state index contributed by atoms with van der Waals surface area (Å²) >= 11 is 0. The Hall–Kier alpha value is -0.900. The molecule has 0 bridgehead atoms. The fraction of sp³-hybridized carbons (Fsp3) is 0.538. The van der Waals surface area contributed by atoms with Gasteiger partial charge in [0.25, 0.3) is 0 Å². The molecule has 0 aliphatic heterocycles. The summed E-state index contributed by atoms with van der Waals surface area (Å²) in [7, 11) is 2.08. The third kappa shape index (κ3) is 2.43. The van der Waals surface area contributed by atoms with Crippen LogP contribution in [0.4, 0.5) is 0 Å². The Kier molecular flexibility index (Phi) is 3.28. The van der Waals surface area contributed by atoms with Gasteiger partial charge in [-0.2, -0.15) is 0 Å². The van der Waals surface area contributed by atoms with Crippen LogP contribution in [0.15, 0.2) is 30.3 Å². The SMILES string of the molecule is CN(CC(N)(CO)c1ccccc1)C1CC1. The molecule has 3 nitrogen and oxygen atoms in total. The van der Waals surface area contributed by atoms with Crippen LogP contribution in [0.1, 0.15) is 18.4 Å². The third-order valence-corrected chi connectivity index (χ3v) is 3.33. The maximum absolute atomic E-state index is 9.54. The molecule has 0 radical (unpaired) electrons. The number of hydrogen-bond donors (Lipinski definition) is 2. The van der Waals surface area contributed by atoms with Gasteiger partial charge in [0.2, 0.25) is 0 Å². The first-order valence-corrected chi connectivity index (χ1v) is 5.81. The van der Waals surface area contributed by atoms with Crippen molar-refractivity contribution in [2.24, 2.45) is 5.73 Å². The minimum atomic E-state index is -0.640. The van der Waals surface area contributed by atoms with Crippen LogP contribution in [0, 0.1) is 0 Å². The molecule has 1 aliphatic rings. The van der Waals surface area contributed by atoms with Crippen molar-refractivity contribution < 1.29 is 5.11 Å². The molecule has 1 aliphatic carbocycles. The molecule has 1 aromatic rings. The van der Waals surface area contributed by atoms with Crippen molar-refractivity contribution in [3.8, 4) is 0 Å². The van der Waals surface area contributed by atoms with Gasteiger partial charge in [-0.15, -0.1) is 0 Å². The Bertz CT molecular complexity index is 337. The summed E-state index contributed by atoms with van der Waals surface area (Å²) in [5.74, 6) is 0. The van der Waals surface area contributed by atoms with Crippen molar-refractivity contribution >= 4 is 0 Å². The third-order valence-electron chi connectivity index (χ3n) is 3.33. The Morgan fingerprint density at radius 2 is 2.00 bits per heavy atom. The second-order valence-corrected chi connectivity index (χ2v) is 4.83. The number of nitrogens with two attached hydrogens (primary N) is 1. The minimum absolute atomic E-state index is 0.0198. The zero-order valence-electron chi connectivity index (χ0n) is 9.76. The zero-order chi connectivity index (χ0) is 11.6. The van der Waals surface area contributed by atoms with E-state index < -0.39 is 5.54 Å². The van der Waals surface area contributed by atoms with E-state index in [-0.39, 0.29) is 6.61 Å². The van der Waals surface area contributed by atoms with E-state index in [4.69, 9.17) is 5.73 Å². The van der Waals surface area contributed by atoms with Crippen LogP contribution >= 0.6 is 0 Å². The van der Waals surface area contributed by atoms with Crippen molar-refractivity contribution in [1.82, 2.24) is 4.90 Å². The van der Waals surface area contributed by atoms with Crippen molar-refractivity contribution in [2.45, 2.75) is 24.4 Å². The summed E-state index contributed by atoms with van der Waals surface area (Å²) in [6, 6.07) is 10.5. The van der Waals surface area contributed by atoms with Crippen molar-refractivity contribution in [3.63, 3.8) is 0 Å². The molecule has 3 N–H and O–H groups in total. The molecule has 0 spiro atoms. The lowest BCUT2D eigenvalue weighted by molar-refractivity contribution is 0.147. The van der Waals surface area contributed by atoms with Crippen LogP contribution in [0.2, 0.25) is 0 Å². The Labute approximate surface area is 96.9 Å². The lowest BCUT2D eigenvalue weighted by Gasteiger charge is -2.32. The van der Waals surface area contributed by atoms with E-state index in [0.717, 1.165) is 5.56 Å². The molecule has 0 amide bonds. The summed E-state index contributed by atoms with van der Waals surface area (Å²) in [4.78, 5) is 2.25. The average molecular weight is 220 g/mol. The number of benzene rings is 1. The normalized spacial score (nSPS) is 19.8.